The van der Waals surface area contributed by atoms with Crippen molar-refractivity contribution in [3.63, 3.8) is 0 Å². The summed E-state index contributed by atoms with van der Waals surface area (Å²) in [6.45, 7) is 4.13. The molecule has 0 fully saturated rings. The summed E-state index contributed by atoms with van der Waals surface area (Å²) in [5.41, 5.74) is 9.93. The van der Waals surface area contributed by atoms with Gasteiger partial charge in [-0.1, -0.05) is 25.1 Å². The fourth-order valence-electron chi connectivity index (χ4n) is 1.95. The first-order valence-corrected chi connectivity index (χ1v) is 5.97. The highest BCUT2D eigenvalue weighted by Gasteiger charge is 2.07. The number of rotatable bonds is 3. The minimum Gasteiger partial charge on any atom is -0.366 e. The molecule has 2 N–H and O–H groups in total. The van der Waals surface area contributed by atoms with Crippen molar-refractivity contribution in [2.24, 2.45) is 5.73 Å². The average Bonchev–Trinajstić information content (AvgIpc) is 2.38. The van der Waals surface area contributed by atoms with Crippen molar-refractivity contribution < 1.29 is 4.79 Å². The van der Waals surface area contributed by atoms with Gasteiger partial charge in [-0.15, -0.1) is 0 Å². The second-order valence-corrected chi connectivity index (χ2v) is 4.31. The summed E-state index contributed by atoms with van der Waals surface area (Å²) in [5, 5.41) is 0. The van der Waals surface area contributed by atoms with Crippen LogP contribution >= 0.6 is 0 Å². The Balaban J connectivity index is 2.48. The molecule has 0 aliphatic rings. The lowest BCUT2D eigenvalue weighted by atomic mass is 10.0. The van der Waals surface area contributed by atoms with Crippen LogP contribution in [0.15, 0.2) is 36.5 Å². The van der Waals surface area contributed by atoms with Gasteiger partial charge in [0.05, 0.1) is 5.69 Å². The molecule has 1 heterocycles. The fraction of sp³-hybridized carbons (Fsp3) is 0.200. The monoisotopic (exact) mass is 240 g/mol. The summed E-state index contributed by atoms with van der Waals surface area (Å²) in [5.74, 6) is -0.417. The summed E-state index contributed by atoms with van der Waals surface area (Å²) < 4.78 is 0. The summed E-state index contributed by atoms with van der Waals surface area (Å²) in [4.78, 5) is 15.6. The molecule has 0 radical (unpaired) electrons. The molecule has 0 saturated carbocycles. The minimum atomic E-state index is -0.417. The lowest BCUT2D eigenvalue weighted by Crippen LogP contribution is -2.10. The molecule has 1 aromatic carbocycles. The number of amides is 1. The van der Waals surface area contributed by atoms with Gasteiger partial charge in [0.2, 0.25) is 5.91 Å². The van der Waals surface area contributed by atoms with Gasteiger partial charge in [0.15, 0.2) is 0 Å². The molecule has 2 rings (SSSR count). The normalized spacial score (nSPS) is 10.3. The highest BCUT2D eigenvalue weighted by atomic mass is 16.1. The zero-order valence-electron chi connectivity index (χ0n) is 10.6. The summed E-state index contributed by atoms with van der Waals surface area (Å²) in [7, 11) is 0. The molecule has 0 saturated heterocycles. The number of carbonyl (C=O) groups is 1. The van der Waals surface area contributed by atoms with Gasteiger partial charge in [-0.2, -0.15) is 0 Å². The van der Waals surface area contributed by atoms with Crippen LogP contribution < -0.4 is 5.73 Å². The second-order valence-electron chi connectivity index (χ2n) is 4.31. The van der Waals surface area contributed by atoms with E-state index in [1.54, 1.807) is 12.1 Å². The van der Waals surface area contributed by atoms with Crippen LogP contribution in [0.3, 0.4) is 0 Å². The number of aromatic nitrogens is 1. The number of pyridine rings is 1. The Labute approximate surface area is 107 Å². The largest absolute Gasteiger partial charge is 0.366 e. The maximum atomic E-state index is 11.2. The van der Waals surface area contributed by atoms with Crippen LogP contribution in [0.2, 0.25) is 0 Å². The Morgan fingerprint density at radius 1 is 1.33 bits per heavy atom. The van der Waals surface area contributed by atoms with Crippen molar-refractivity contribution >= 4 is 5.91 Å². The molecule has 0 unspecified atom stereocenters. The zero-order chi connectivity index (χ0) is 13.1. The first kappa shape index (κ1) is 12.3. The standard InChI is InChI=1S/C15H16N2O/c1-3-11-7-10(2)14(17-9-11)12-5-4-6-13(8-12)15(16)18/h4-9H,3H2,1-2H3,(H2,16,18). The van der Waals surface area contributed by atoms with Crippen LogP contribution in [0.4, 0.5) is 0 Å². The molecule has 3 nitrogen and oxygen atoms in total. The maximum Gasteiger partial charge on any atom is 0.248 e. The number of hydrogen-bond acceptors (Lipinski definition) is 2. The van der Waals surface area contributed by atoms with Crippen LogP contribution in [0.25, 0.3) is 11.3 Å². The molecule has 0 aliphatic heterocycles. The van der Waals surface area contributed by atoms with Crippen molar-refractivity contribution in [3.8, 4) is 11.3 Å². The Morgan fingerprint density at radius 3 is 2.72 bits per heavy atom. The van der Waals surface area contributed by atoms with E-state index >= 15 is 0 Å². The van der Waals surface area contributed by atoms with Gasteiger partial charge in [0.25, 0.3) is 0 Å². The topological polar surface area (TPSA) is 56.0 Å². The van der Waals surface area contributed by atoms with Gasteiger partial charge >= 0.3 is 0 Å². The van der Waals surface area contributed by atoms with Gasteiger partial charge in [-0.05, 0) is 36.6 Å². The number of benzene rings is 1. The zero-order valence-corrected chi connectivity index (χ0v) is 10.6. The molecule has 1 aromatic heterocycles. The van der Waals surface area contributed by atoms with Gasteiger partial charge in [-0.3, -0.25) is 9.78 Å². The van der Waals surface area contributed by atoms with E-state index < -0.39 is 5.91 Å². The molecule has 3 heteroatoms. The number of nitrogens with zero attached hydrogens (tertiary/aromatic N) is 1. The van der Waals surface area contributed by atoms with Crippen molar-refractivity contribution in [1.29, 1.82) is 0 Å². The highest BCUT2D eigenvalue weighted by Crippen LogP contribution is 2.22. The predicted octanol–water partition coefficient (Wildman–Crippen LogP) is 2.72. The number of nitrogens with two attached hydrogens (primary N) is 1. The van der Waals surface area contributed by atoms with Gasteiger partial charge in [0.1, 0.15) is 0 Å². The Hall–Kier alpha value is -2.16. The first-order chi connectivity index (χ1) is 8.61. The quantitative estimate of drug-likeness (QED) is 0.896. The average molecular weight is 240 g/mol. The lowest BCUT2D eigenvalue weighted by Gasteiger charge is -2.07. The van der Waals surface area contributed by atoms with E-state index in [0.717, 1.165) is 23.2 Å². The van der Waals surface area contributed by atoms with Crippen molar-refractivity contribution in [2.75, 3.05) is 0 Å². The number of aryl methyl sites for hydroxylation is 2. The van der Waals surface area contributed by atoms with Crippen LogP contribution in [0.5, 0.6) is 0 Å². The van der Waals surface area contributed by atoms with Crippen LogP contribution in [-0.2, 0) is 6.42 Å². The van der Waals surface area contributed by atoms with E-state index in [2.05, 4.69) is 18.0 Å². The Bertz CT molecular complexity index is 591. The molecule has 1 amide bonds. The maximum absolute atomic E-state index is 11.2. The van der Waals surface area contributed by atoms with Crippen molar-refractivity contribution in [2.45, 2.75) is 20.3 Å². The number of carbonyl (C=O) groups excluding carboxylic acids is 1. The second kappa shape index (κ2) is 5.00. The van der Waals surface area contributed by atoms with E-state index in [9.17, 15) is 4.79 Å². The smallest absolute Gasteiger partial charge is 0.248 e. The van der Waals surface area contributed by atoms with Gasteiger partial charge in [0, 0.05) is 17.3 Å². The van der Waals surface area contributed by atoms with E-state index in [-0.39, 0.29) is 0 Å². The molecule has 0 atom stereocenters. The van der Waals surface area contributed by atoms with Crippen LogP contribution in [0.1, 0.15) is 28.4 Å². The van der Waals surface area contributed by atoms with Crippen LogP contribution in [-0.4, -0.2) is 10.9 Å². The van der Waals surface area contributed by atoms with E-state index in [1.165, 1.54) is 5.56 Å². The number of primary amides is 1. The molecule has 0 spiro atoms. The third kappa shape index (κ3) is 2.40. The Kier molecular flexibility index (Phi) is 3.42. The van der Waals surface area contributed by atoms with E-state index in [4.69, 9.17) is 5.73 Å². The first-order valence-electron chi connectivity index (χ1n) is 5.97. The Morgan fingerprint density at radius 2 is 2.11 bits per heavy atom. The molecular weight excluding hydrogens is 224 g/mol. The molecule has 92 valence electrons. The summed E-state index contributed by atoms with van der Waals surface area (Å²) >= 11 is 0. The summed E-state index contributed by atoms with van der Waals surface area (Å²) in [6.07, 6.45) is 2.84. The molecule has 0 aliphatic carbocycles. The lowest BCUT2D eigenvalue weighted by molar-refractivity contribution is 0.100. The molecular formula is C15H16N2O. The molecule has 18 heavy (non-hydrogen) atoms. The van der Waals surface area contributed by atoms with Gasteiger partial charge < -0.3 is 5.73 Å². The SMILES string of the molecule is CCc1cnc(-c2cccc(C(N)=O)c2)c(C)c1. The fourth-order valence-corrected chi connectivity index (χ4v) is 1.95. The molecule has 0 bridgehead atoms. The van der Waals surface area contributed by atoms with E-state index in [1.807, 2.05) is 25.3 Å². The van der Waals surface area contributed by atoms with E-state index in [0.29, 0.717) is 5.56 Å². The van der Waals surface area contributed by atoms with Crippen molar-refractivity contribution in [3.05, 3.63) is 53.2 Å². The third-order valence-corrected chi connectivity index (χ3v) is 2.96. The van der Waals surface area contributed by atoms with Gasteiger partial charge in [-0.25, -0.2) is 0 Å². The summed E-state index contributed by atoms with van der Waals surface area (Å²) in [6, 6.07) is 9.38. The third-order valence-electron chi connectivity index (χ3n) is 2.96. The minimum absolute atomic E-state index is 0.417. The van der Waals surface area contributed by atoms with Crippen molar-refractivity contribution in [1.82, 2.24) is 4.98 Å². The number of hydrogen-bond donors (Lipinski definition) is 1. The molecule has 2 aromatic rings. The predicted molar refractivity (Wildman–Crippen MR) is 72.3 cm³/mol. The van der Waals surface area contributed by atoms with Crippen LogP contribution in [0, 0.1) is 6.92 Å². The highest BCUT2D eigenvalue weighted by molar-refractivity contribution is 5.94.